The monoisotopic (exact) mass is 389 g/mol. The lowest BCUT2D eigenvalue weighted by Gasteiger charge is -2.17. The number of aryl methyl sites for hydroxylation is 1. The summed E-state index contributed by atoms with van der Waals surface area (Å²) in [6, 6.07) is 12.8. The molecule has 0 unspecified atom stereocenters. The van der Waals surface area contributed by atoms with Gasteiger partial charge in [-0.25, -0.2) is 8.42 Å². The van der Waals surface area contributed by atoms with Crippen molar-refractivity contribution in [1.29, 1.82) is 0 Å². The van der Waals surface area contributed by atoms with Crippen LogP contribution in [0.2, 0.25) is 0 Å². The molecule has 0 amide bonds. The van der Waals surface area contributed by atoms with Gasteiger partial charge in [-0.05, 0) is 74.3 Å². The SMILES string of the molecule is Cc1cccc(NC(=S)Nc2cccc(S(=O)(=O)N3CCCC3)c2)c1C. The van der Waals surface area contributed by atoms with E-state index in [1.54, 1.807) is 28.6 Å². The van der Waals surface area contributed by atoms with Crippen molar-refractivity contribution in [2.24, 2.45) is 0 Å². The molecule has 0 aliphatic carbocycles. The second kappa shape index (κ2) is 7.73. The molecule has 1 aliphatic rings. The van der Waals surface area contributed by atoms with Gasteiger partial charge >= 0.3 is 0 Å². The number of nitrogens with one attached hydrogen (secondary N) is 2. The van der Waals surface area contributed by atoms with E-state index >= 15 is 0 Å². The van der Waals surface area contributed by atoms with E-state index in [2.05, 4.69) is 10.6 Å². The minimum Gasteiger partial charge on any atom is -0.332 e. The van der Waals surface area contributed by atoms with Crippen LogP contribution in [0.1, 0.15) is 24.0 Å². The van der Waals surface area contributed by atoms with Crippen LogP contribution in [0.15, 0.2) is 47.4 Å². The summed E-state index contributed by atoms with van der Waals surface area (Å²) in [6.45, 7) is 5.26. The molecule has 26 heavy (non-hydrogen) atoms. The van der Waals surface area contributed by atoms with Gasteiger partial charge in [0.05, 0.1) is 4.90 Å². The van der Waals surface area contributed by atoms with Gasteiger partial charge in [0.15, 0.2) is 5.11 Å². The fourth-order valence-corrected chi connectivity index (χ4v) is 4.77. The summed E-state index contributed by atoms with van der Waals surface area (Å²) in [4.78, 5) is 0.291. The third-order valence-electron chi connectivity index (χ3n) is 4.65. The van der Waals surface area contributed by atoms with Crippen molar-refractivity contribution >= 4 is 38.7 Å². The normalized spacial score (nSPS) is 15.0. The lowest BCUT2D eigenvalue weighted by molar-refractivity contribution is 0.477. The molecule has 7 heteroatoms. The van der Waals surface area contributed by atoms with Crippen LogP contribution in [-0.4, -0.2) is 30.9 Å². The van der Waals surface area contributed by atoms with Crippen molar-refractivity contribution in [2.75, 3.05) is 23.7 Å². The molecule has 0 aromatic heterocycles. The van der Waals surface area contributed by atoms with Crippen LogP contribution >= 0.6 is 12.2 Å². The van der Waals surface area contributed by atoms with Crippen molar-refractivity contribution in [3.05, 3.63) is 53.6 Å². The molecule has 2 aromatic carbocycles. The Kier molecular flexibility index (Phi) is 5.60. The second-order valence-electron chi connectivity index (χ2n) is 6.47. The molecular weight excluding hydrogens is 366 g/mol. The molecule has 1 fully saturated rings. The molecule has 1 aliphatic heterocycles. The van der Waals surface area contributed by atoms with E-state index < -0.39 is 10.0 Å². The average Bonchev–Trinajstić information content (AvgIpc) is 3.15. The minimum atomic E-state index is -3.44. The quantitative estimate of drug-likeness (QED) is 0.777. The number of nitrogens with zero attached hydrogens (tertiary/aromatic N) is 1. The summed E-state index contributed by atoms with van der Waals surface area (Å²) in [5.74, 6) is 0. The molecule has 2 aromatic rings. The zero-order valence-electron chi connectivity index (χ0n) is 15.0. The Morgan fingerprint density at radius 3 is 2.46 bits per heavy atom. The molecule has 138 valence electrons. The standard InChI is InChI=1S/C19H23N3O2S2/c1-14-7-5-10-18(15(14)2)21-19(25)20-16-8-6-9-17(13-16)26(23,24)22-11-3-4-12-22/h5-10,13H,3-4,11-12H2,1-2H3,(H2,20,21,25). The first-order valence-corrected chi connectivity index (χ1v) is 10.5. The van der Waals surface area contributed by atoms with E-state index in [4.69, 9.17) is 12.2 Å². The van der Waals surface area contributed by atoms with Crippen LogP contribution in [-0.2, 0) is 10.0 Å². The Bertz CT molecular complexity index is 920. The third-order valence-corrected chi connectivity index (χ3v) is 6.75. The van der Waals surface area contributed by atoms with E-state index in [1.165, 1.54) is 5.56 Å². The maximum absolute atomic E-state index is 12.7. The Balaban J connectivity index is 1.74. The molecule has 1 saturated heterocycles. The average molecular weight is 390 g/mol. The van der Waals surface area contributed by atoms with Gasteiger partial charge < -0.3 is 10.6 Å². The number of hydrogen-bond acceptors (Lipinski definition) is 3. The summed E-state index contributed by atoms with van der Waals surface area (Å²) in [7, 11) is -3.44. The minimum absolute atomic E-state index is 0.291. The Morgan fingerprint density at radius 2 is 1.73 bits per heavy atom. The van der Waals surface area contributed by atoms with Crippen molar-refractivity contribution in [3.8, 4) is 0 Å². The molecule has 2 N–H and O–H groups in total. The van der Waals surface area contributed by atoms with E-state index in [0.717, 1.165) is 24.1 Å². The fraction of sp³-hybridized carbons (Fsp3) is 0.316. The molecule has 0 atom stereocenters. The van der Waals surface area contributed by atoms with Crippen molar-refractivity contribution in [1.82, 2.24) is 4.31 Å². The van der Waals surface area contributed by atoms with Gasteiger partial charge in [-0.1, -0.05) is 18.2 Å². The highest BCUT2D eigenvalue weighted by molar-refractivity contribution is 7.89. The number of thiocarbonyl (C=S) groups is 1. The van der Waals surface area contributed by atoms with Crippen molar-refractivity contribution in [2.45, 2.75) is 31.6 Å². The van der Waals surface area contributed by atoms with Crippen molar-refractivity contribution < 1.29 is 8.42 Å². The maximum Gasteiger partial charge on any atom is 0.243 e. The first-order chi connectivity index (χ1) is 12.4. The van der Waals surface area contributed by atoms with Gasteiger partial charge in [0.2, 0.25) is 10.0 Å². The largest absolute Gasteiger partial charge is 0.332 e. The highest BCUT2D eigenvalue weighted by atomic mass is 32.2. The Hall–Kier alpha value is -1.96. The maximum atomic E-state index is 12.7. The zero-order valence-corrected chi connectivity index (χ0v) is 16.6. The molecule has 0 bridgehead atoms. The van der Waals surface area contributed by atoms with E-state index in [9.17, 15) is 8.42 Å². The van der Waals surface area contributed by atoms with Gasteiger partial charge in [-0.3, -0.25) is 0 Å². The van der Waals surface area contributed by atoms with Gasteiger partial charge in [0.1, 0.15) is 0 Å². The topological polar surface area (TPSA) is 61.4 Å². The summed E-state index contributed by atoms with van der Waals surface area (Å²) < 4.78 is 26.9. The zero-order chi connectivity index (χ0) is 18.7. The van der Waals surface area contributed by atoms with E-state index in [1.807, 2.05) is 32.0 Å². The second-order valence-corrected chi connectivity index (χ2v) is 8.81. The lowest BCUT2D eigenvalue weighted by Crippen LogP contribution is -2.28. The number of anilines is 2. The number of benzene rings is 2. The van der Waals surface area contributed by atoms with Gasteiger partial charge in [-0.2, -0.15) is 4.31 Å². The molecule has 3 rings (SSSR count). The number of sulfonamides is 1. The Labute approximate surface area is 160 Å². The van der Waals surface area contributed by atoms with Gasteiger partial charge in [0, 0.05) is 24.5 Å². The summed E-state index contributed by atoms with van der Waals surface area (Å²) >= 11 is 5.38. The van der Waals surface area contributed by atoms with Crippen molar-refractivity contribution in [3.63, 3.8) is 0 Å². The molecule has 1 heterocycles. The number of hydrogen-bond donors (Lipinski definition) is 2. The molecule has 5 nitrogen and oxygen atoms in total. The number of rotatable bonds is 4. The van der Waals surface area contributed by atoms with Crippen LogP contribution < -0.4 is 10.6 Å². The third kappa shape index (κ3) is 4.06. The lowest BCUT2D eigenvalue weighted by atomic mass is 10.1. The molecule has 0 spiro atoms. The smallest absolute Gasteiger partial charge is 0.243 e. The summed E-state index contributed by atoms with van der Waals surface area (Å²) in [5.41, 5.74) is 3.88. The molecule has 0 radical (unpaired) electrons. The predicted octanol–water partition coefficient (Wildman–Crippen LogP) is 3.90. The van der Waals surface area contributed by atoms with Crippen LogP contribution in [0, 0.1) is 13.8 Å². The van der Waals surface area contributed by atoms with E-state index in [-0.39, 0.29) is 0 Å². The summed E-state index contributed by atoms with van der Waals surface area (Å²) in [5, 5.41) is 6.68. The highest BCUT2D eigenvalue weighted by Gasteiger charge is 2.27. The summed E-state index contributed by atoms with van der Waals surface area (Å²) in [6.07, 6.45) is 1.84. The Morgan fingerprint density at radius 1 is 1.04 bits per heavy atom. The van der Waals surface area contributed by atoms with Crippen LogP contribution in [0.25, 0.3) is 0 Å². The first-order valence-electron chi connectivity index (χ1n) is 8.62. The van der Waals surface area contributed by atoms with Crippen LogP contribution in [0.4, 0.5) is 11.4 Å². The molecular formula is C19H23N3O2S2. The molecule has 0 saturated carbocycles. The van der Waals surface area contributed by atoms with Gasteiger partial charge in [-0.15, -0.1) is 0 Å². The van der Waals surface area contributed by atoms with Gasteiger partial charge in [0.25, 0.3) is 0 Å². The van der Waals surface area contributed by atoms with E-state index in [0.29, 0.717) is 28.8 Å². The van der Waals surface area contributed by atoms with Crippen LogP contribution in [0.3, 0.4) is 0 Å². The first kappa shape index (κ1) is 18.8. The highest BCUT2D eigenvalue weighted by Crippen LogP contribution is 2.23. The fourth-order valence-electron chi connectivity index (χ4n) is 2.98. The van der Waals surface area contributed by atoms with Crippen LogP contribution in [0.5, 0.6) is 0 Å². The predicted molar refractivity (Wildman–Crippen MR) is 110 cm³/mol.